The number of rotatable bonds is 4. The predicted molar refractivity (Wildman–Crippen MR) is 87.7 cm³/mol. The number of hydrogen-bond donors (Lipinski definition) is 0. The standard InChI is InChI=1S/C19H22O3/c1-12-10-16(21-5)6-8-18(12)14(3)19-9-7-17(11-13(19)2)22-15(4)20/h6-11,14H,1-5H3. The van der Waals surface area contributed by atoms with Crippen LogP contribution in [0.4, 0.5) is 0 Å². The molecule has 3 heteroatoms. The molecule has 0 aliphatic carbocycles. The third-order valence-corrected chi connectivity index (χ3v) is 3.91. The lowest BCUT2D eigenvalue weighted by atomic mass is 9.87. The van der Waals surface area contributed by atoms with Gasteiger partial charge in [-0.1, -0.05) is 19.1 Å². The lowest BCUT2D eigenvalue weighted by molar-refractivity contribution is -0.131. The van der Waals surface area contributed by atoms with Crippen LogP contribution in [0.3, 0.4) is 0 Å². The number of carbonyl (C=O) groups excluding carboxylic acids is 1. The Bertz CT molecular complexity index is 689. The molecule has 2 aromatic carbocycles. The van der Waals surface area contributed by atoms with Crippen molar-refractivity contribution >= 4 is 5.97 Å². The summed E-state index contributed by atoms with van der Waals surface area (Å²) >= 11 is 0. The van der Waals surface area contributed by atoms with Crippen molar-refractivity contribution in [1.82, 2.24) is 0 Å². The van der Waals surface area contributed by atoms with Crippen molar-refractivity contribution in [2.45, 2.75) is 33.6 Å². The van der Waals surface area contributed by atoms with Gasteiger partial charge in [0.1, 0.15) is 11.5 Å². The molecule has 0 bridgehead atoms. The van der Waals surface area contributed by atoms with Crippen LogP contribution in [0.5, 0.6) is 11.5 Å². The van der Waals surface area contributed by atoms with Gasteiger partial charge in [-0.2, -0.15) is 0 Å². The second-order valence-corrected chi connectivity index (χ2v) is 5.56. The van der Waals surface area contributed by atoms with Crippen LogP contribution in [0.15, 0.2) is 36.4 Å². The van der Waals surface area contributed by atoms with Crippen molar-refractivity contribution in [3.05, 3.63) is 58.7 Å². The average molecular weight is 298 g/mol. The molecule has 2 rings (SSSR count). The fourth-order valence-electron chi connectivity index (χ4n) is 2.79. The van der Waals surface area contributed by atoms with Gasteiger partial charge in [0.05, 0.1) is 7.11 Å². The van der Waals surface area contributed by atoms with Gasteiger partial charge in [-0.15, -0.1) is 0 Å². The van der Waals surface area contributed by atoms with Crippen LogP contribution in [-0.2, 0) is 4.79 Å². The first-order valence-corrected chi connectivity index (χ1v) is 7.36. The van der Waals surface area contributed by atoms with E-state index in [0.717, 1.165) is 11.3 Å². The van der Waals surface area contributed by atoms with Crippen molar-refractivity contribution in [2.75, 3.05) is 7.11 Å². The first kappa shape index (κ1) is 16.1. The molecule has 0 aromatic heterocycles. The second-order valence-electron chi connectivity index (χ2n) is 5.56. The van der Waals surface area contributed by atoms with E-state index in [9.17, 15) is 4.79 Å². The predicted octanol–water partition coefficient (Wildman–Crippen LogP) is 4.39. The minimum atomic E-state index is -0.300. The molecular weight excluding hydrogens is 276 g/mol. The van der Waals surface area contributed by atoms with Gasteiger partial charge in [0.2, 0.25) is 0 Å². The van der Waals surface area contributed by atoms with E-state index in [0.29, 0.717) is 5.75 Å². The van der Waals surface area contributed by atoms with Gasteiger partial charge >= 0.3 is 5.97 Å². The lowest BCUT2D eigenvalue weighted by Crippen LogP contribution is -2.04. The van der Waals surface area contributed by atoms with Crippen LogP contribution >= 0.6 is 0 Å². The Morgan fingerprint density at radius 1 is 0.955 bits per heavy atom. The van der Waals surface area contributed by atoms with Crippen LogP contribution in [0.2, 0.25) is 0 Å². The summed E-state index contributed by atoms with van der Waals surface area (Å²) in [5.41, 5.74) is 4.81. The molecule has 0 spiro atoms. The molecule has 116 valence electrons. The summed E-state index contributed by atoms with van der Waals surface area (Å²) in [5.74, 6) is 1.42. The number of methoxy groups -OCH3 is 1. The summed E-state index contributed by atoms with van der Waals surface area (Å²) in [6, 6.07) is 11.9. The van der Waals surface area contributed by atoms with Crippen molar-refractivity contribution in [3.63, 3.8) is 0 Å². The highest BCUT2D eigenvalue weighted by Crippen LogP contribution is 2.32. The minimum Gasteiger partial charge on any atom is -0.497 e. The quantitative estimate of drug-likeness (QED) is 0.620. The molecule has 0 aliphatic rings. The first-order valence-electron chi connectivity index (χ1n) is 7.36. The largest absolute Gasteiger partial charge is 0.497 e. The van der Waals surface area contributed by atoms with Gasteiger partial charge in [-0.05, 0) is 60.4 Å². The van der Waals surface area contributed by atoms with Crippen molar-refractivity contribution in [1.29, 1.82) is 0 Å². The summed E-state index contributed by atoms with van der Waals surface area (Å²) in [7, 11) is 1.68. The minimum absolute atomic E-state index is 0.261. The maximum Gasteiger partial charge on any atom is 0.308 e. The maximum absolute atomic E-state index is 11.0. The molecule has 0 heterocycles. The number of carbonyl (C=O) groups is 1. The summed E-state index contributed by atoms with van der Waals surface area (Å²) in [5, 5.41) is 0. The second kappa shape index (κ2) is 6.65. The maximum atomic E-state index is 11.0. The summed E-state index contributed by atoms with van der Waals surface area (Å²) in [6.07, 6.45) is 0. The molecule has 1 atom stereocenters. The third-order valence-electron chi connectivity index (χ3n) is 3.91. The summed E-state index contributed by atoms with van der Waals surface area (Å²) in [4.78, 5) is 11.0. The molecule has 0 fully saturated rings. The monoisotopic (exact) mass is 298 g/mol. The molecule has 2 aromatic rings. The number of hydrogen-bond acceptors (Lipinski definition) is 3. The van der Waals surface area contributed by atoms with E-state index in [2.05, 4.69) is 19.9 Å². The Balaban J connectivity index is 2.33. The molecule has 1 unspecified atom stereocenters. The Hall–Kier alpha value is -2.29. The zero-order valence-electron chi connectivity index (χ0n) is 13.8. The molecule has 0 amide bonds. The molecular formula is C19H22O3. The summed E-state index contributed by atoms with van der Waals surface area (Å²) < 4.78 is 10.4. The van der Waals surface area contributed by atoms with E-state index in [1.54, 1.807) is 7.11 Å². The lowest BCUT2D eigenvalue weighted by Gasteiger charge is -2.18. The van der Waals surface area contributed by atoms with E-state index >= 15 is 0 Å². The Kier molecular flexibility index (Phi) is 4.86. The Morgan fingerprint density at radius 3 is 1.91 bits per heavy atom. The normalized spacial score (nSPS) is 11.9. The van der Waals surface area contributed by atoms with Gasteiger partial charge in [-0.3, -0.25) is 4.79 Å². The first-order chi connectivity index (χ1) is 10.4. The fraction of sp³-hybridized carbons (Fsp3) is 0.316. The van der Waals surface area contributed by atoms with Gasteiger partial charge < -0.3 is 9.47 Å². The van der Waals surface area contributed by atoms with Crippen molar-refractivity contribution in [3.8, 4) is 11.5 Å². The van der Waals surface area contributed by atoms with E-state index in [-0.39, 0.29) is 11.9 Å². The molecule has 0 aliphatic heterocycles. The van der Waals surface area contributed by atoms with E-state index in [1.165, 1.54) is 23.6 Å². The number of esters is 1. The van der Waals surface area contributed by atoms with Gasteiger partial charge in [-0.25, -0.2) is 0 Å². The van der Waals surface area contributed by atoms with E-state index in [1.807, 2.05) is 37.3 Å². The number of ether oxygens (including phenoxy) is 2. The fourth-order valence-corrected chi connectivity index (χ4v) is 2.79. The van der Waals surface area contributed by atoms with Gasteiger partial charge in [0.15, 0.2) is 0 Å². The van der Waals surface area contributed by atoms with Gasteiger partial charge in [0, 0.05) is 12.8 Å². The number of benzene rings is 2. The molecule has 0 saturated carbocycles. The van der Waals surface area contributed by atoms with Crippen molar-refractivity contribution in [2.24, 2.45) is 0 Å². The van der Waals surface area contributed by atoms with Crippen LogP contribution in [-0.4, -0.2) is 13.1 Å². The highest BCUT2D eigenvalue weighted by molar-refractivity contribution is 5.69. The molecule has 0 N–H and O–H groups in total. The smallest absolute Gasteiger partial charge is 0.308 e. The SMILES string of the molecule is COc1ccc(C(C)c2ccc(OC(C)=O)cc2C)c(C)c1. The van der Waals surface area contributed by atoms with E-state index in [4.69, 9.17) is 9.47 Å². The van der Waals surface area contributed by atoms with Crippen molar-refractivity contribution < 1.29 is 14.3 Å². The zero-order valence-corrected chi connectivity index (χ0v) is 13.8. The topological polar surface area (TPSA) is 35.5 Å². The van der Waals surface area contributed by atoms with E-state index < -0.39 is 0 Å². The van der Waals surface area contributed by atoms with Crippen LogP contribution in [0, 0.1) is 13.8 Å². The highest BCUT2D eigenvalue weighted by atomic mass is 16.5. The average Bonchev–Trinajstić information content (AvgIpc) is 2.46. The molecule has 0 saturated heterocycles. The molecule has 3 nitrogen and oxygen atoms in total. The van der Waals surface area contributed by atoms with Crippen LogP contribution < -0.4 is 9.47 Å². The Morgan fingerprint density at radius 2 is 1.45 bits per heavy atom. The molecule has 0 radical (unpaired) electrons. The van der Waals surface area contributed by atoms with Crippen LogP contribution in [0.25, 0.3) is 0 Å². The molecule has 22 heavy (non-hydrogen) atoms. The van der Waals surface area contributed by atoms with Crippen LogP contribution in [0.1, 0.15) is 42.0 Å². The zero-order chi connectivity index (χ0) is 16.3. The van der Waals surface area contributed by atoms with Gasteiger partial charge in [0.25, 0.3) is 0 Å². The summed E-state index contributed by atoms with van der Waals surface area (Å²) in [6.45, 7) is 7.73. The Labute approximate surface area is 131 Å². The third kappa shape index (κ3) is 3.48. The number of aryl methyl sites for hydroxylation is 2. The highest BCUT2D eigenvalue weighted by Gasteiger charge is 2.14.